The van der Waals surface area contributed by atoms with Gasteiger partial charge >= 0.3 is 5.97 Å². The fourth-order valence-corrected chi connectivity index (χ4v) is 3.37. The van der Waals surface area contributed by atoms with Crippen molar-refractivity contribution in [3.8, 4) is 0 Å². The molecule has 0 aromatic heterocycles. The minimum absolute atomic E-state index is 0.174. The molecule has 0 aliphatic rings. The first-order valence-electron chi connectivity index (χ1n) is 5.89. The Labute approximate surface area is 121 Å². The predicted molar refractivity (Wildman–Crippen MR) is 72.6 cm³/mol. The first-order chi connectivity index (χ1) is 9.19. The van der Waals surface area contributed by atoms with Crippen molar-refractivity contribution >= 4 is 27.6 Å². The fourth-order valence-electron chi connectivity index (χ4n) is 1.56. The summed E-state index contributed by atoms with van der Waals surface area (Å²) in [6, 6.07) is 1.57. The third kappa shape index (κ3) is 3.91. The number of carbonyl (C=O) groups is 1. The molecule has 8 heteroatoms. The second-order valence-electron chi connectivity index (χ2n) is 4.40. The molecule has 1 aromatic carbocycles. The van der Waals surface area contributed by atoms with E-state index in [1.165, 1.54) is 0 Å². The van der Waals surface area contributed by atoms with E-state index in [9.17, 15) is 17.6 Å². The summed E-state index contributed by atoms with van der Waals surface area (Å²) in [5.41, 5.74) is 0. The maximum atomic E-state index is 13.1. The van der Waals surface area contributed by atoms with Crippen molar-refractivity contribution in [1.29, 1.82) is 0 Å². The molecule has 5 nitrogen and oxygen atoms in total. The number of sulfonamides is 1. The zero-order chi connectivity index (χ0) is 15.5. The number of carboxylic acids is 1. The van der Waals surface area contributed by atoms with Gasteiger partial charge in [-0.1, -0.05) is 31.9 Å². The molecule has 2 N–H and O–H groups in total. The van der Waals surface area contributed by atoms with E-state index in [4.69, 9.17) is 16.7 Å². The Morgan fingerprint density at radius 1 is 1.50 bits per heavy atom. The van der Waals surface area contributed by atoms with Crippen LogP contribution in [-0.2, 0) is 14.8 Å². The molecule has 112 valence electrons. The van der Waals surface area contributed by atoms with E-state index in [1.807, 2.05) is 4.72 Å². The first kappa shape index (κ1) is 16.9. The molecule has 0 radical (unpaired) electrons. The van der Waals surface area contributed by atoms with Crippen LogP contribution in [0.1, 0.15) is 20.3 Å². The Morgan fingerprint density at radius 2 is 2.10 bits per heavy atom. The van der Waals surface area contributed by atoms with Crippen LogP contribution >= 0.6 is 11.6 Å². The summed E-state index contributed by atoms with van der Waals surface area (Å²) in [5, 5.41) is 8.90. The van der Waals surface area contributed by atoms with Gasteiger partial charge in [-0.25, -0.2) is 12.8 Å². The molecule has 1 aromatic rings. The molecule has 0 amide bonds. The van der Waals surface area contributed by atoms with Gasteiger partial charge in [0.1, 0.15) is 16.8 Å². The van der Waals surface area contributed by atoms with Gasteiger partial charge in [0, 0.05) is 0 Å². The van der Waals surface area contributed by atoms with Gasteiger partial charge in [0.15, 0.2) is 0 Å². The summed E-state index contributed by atoms with van der Waals surface area (Å²) < 4.78 is 39.4. The lowest BCUT2D eigenvalue weighted by Gasteiger charge is -2.20. The summed E-state index contributed by atoms with van der Waals surface area (Å²) in [7, 11) is -4.22. The number of rotatable bonds is 6. The topological polar surface area (TPSA) is 83.5 Å². The zero-order valence-electron chi connectivity index (χ0n) is 10.9. The average molecular weight is 324 g/mol. The lowest BCUT2D eigenvalue weighted by molar-refractivity contribution is -0.140. The summed E-state index contributed by atoms with van der Waals surface area (Å²) in [6.45, 7) is 3.35. The van der Waals surface area contributed by atoms with E-state index in [0.29, 0.717) is 6.42 Å². The molecule has 0 aliphatic heterocycles. The van der Waals surface area contributed by atoms with Crippen LogP contribution < -0.4 is 4.72 Å². The van der Waals surface area contributed by atoms with Gasteiger partial charge in [-0.15, -0.1) is 0 Å². The maximum Gasteiger partial charge on any atom is 0.322 e. The third-order valence-corrected chi connectivity index (χ3v) is 4.87. The summed E-state index contributed by atoms with van der Waals surface area (Å²) in [6.07, 6.45) is 0.469. The highest BCUT2D eigenvalue weighted by atomic mass is 35.5. The monoisotopic (exact) mass is 323 g/mol. The van der Waals surface area contributed by atoms with Gasteiger partial charge in [-0.3, -0.25) is 4.79 Å². The number of hydrogen-bond donors (Lipinski definition) is 2. The van der Waals surface area contributed by atoms with E-state index in [-0.39, 0.29) is 5.02 Å². The Balaban J connectivity index is 3.16. The molecule has 0 saturated heterocycles. The second-order valence-corrected chi connectivity index (χ2v) is 6.49. The quantitative estimate of drug-likeness (QED) is 0.841. The summed E-state index contributed by atoms with van der Waals surface area (Å²) in [4.78, 5) is 10.6. The van der Waals surface area contributed by atoms with Crippen molar-refractivity contribution in [2.45, 2.75) is 31.2 Å². The highest BCUT2D eigenvalue weighted by molar-refractivity contribution is 7.89. The number of hydrogen-bond acceptors (Lipinski definition) is 3. The number of benzene rings is 1. The molecule has 0 aliphatic carbocycles. The molecule has 0 heterocycles. The van der Waals surface area contributed by atoms with E-state index >= 15 is 0 Å². The zero-order valence-corrected chi connectivity index (χ0v) is 12.5. The molecular formula is C12H15ClFNO4S. The summed E-state index contributed by atoms with van der Waals surface area (Å²) in [5.74, 6) is -2.49. The van der Waals surface area contributed by atoms with Gasteiger partial charge in [0.25, 0.3) is 0 Å². The van der Waals surface area contributed by atoms with Gasteiger partial charge in [0.05, 0.1) is 5.02 Å². The van der Waals surface area contributed by atoms with Crippen LogP contribution in [0.5, 0.6) is 0 Å². The third-order valence-electron chi connectivity index (χ3n) is 2.94. The van der Waals surface area contributed by atoms with Crippen molar-refractivity contribution < 1.29 is 22.7 Å². The van der Waals surface area contributed by atoms with Crippen molar-refractivity contribution in [3.63, 3.8) is 0 Å². The first-order valence-corrected chi connectivity index (χ1v) is 7.75. The number of aliphatic carboxylic acids is 1. The Kier molecular flexibility index (Phi) is 5.50. The highest BCUT2D eigenvalue weighted by Gasteiger charge is 2.30. The fraction of sp³-hybridized carbons (Fsp3) is 0.417. The highest BCUT2D eigenvalue weighted by Crippen LogP contribution is 2.23. The Morgan fingerprint density at radius 3 is 2.60 bits per heavy atom. The van der Waals surface area contributed by atoms with Crippen LogP contribution in [0.3, 0.4) is 0 Å². The average Bonchev–Trinajstić information content (AvgIpc) is 2.37. The van der Waals surface area contributed by atoms with Crippen LogP contribution in [-0.4, -0.2) is 25.5 Å². The van der Waals surface area contributed by atoms with E-state index in [2.05, 4.69) is 0 Å². The Hall–Kier alpha value is -1.18. The molecule has 20 heavy (non-hydrogen) atoms. The lowest BCUT2D eigenvalue weighted by Crippen LogP contribution is -2.44. The largest absolute Gasteiger partial charge is 0.480 e. The molecule has 0 spiro atoms. The van der Waals surface area contributed by atoms with Crippen LogP contribution in [0.4, 0.5) is 4.39 Å². The molecule has 0 fully saturated rings. The van der Waals surface area contributed by atoms with Crippen molar-refractivity contribution in [2.75, 3.05) is 0 Å². The van der Waals surface area contributed by atoms with Gasteiger partial charge in [-0.2, -0.15) is 4.72 Å². The van der Waals surface area contributed by atoms with Gasteiger partial charge in [-0.05, 0) is 24.1 Å². The molecular weight excluding hydrogens is 309 g/mol. The minimum atomic E-state index is -4.22. The van der Waals surface area contributed by atoms with Crippen molar-refractivity contribution in [3.05, 3.63) is 29.0 Å². The maximum absolute atomic E-state index is 13.1. The standard InChI is InChI=1S/C12H15ClFNO4S/c1-3-7(2)11(12(16)17)15-20(18,19)10-6-8(14)4-5-9(10)13/h4-7,11,15H,3H2,1-2H3,(H,16,17). The van der Waals surface area contributed by atoms with Crippen LogP contribution in [0.2, 0.25) is 5.02 Å². The number of carboxylic acid groups (broad SMARTS) is 1. The molecule has 0 bridgehead atoms. The van der Waals surface area contributed by atoms with E-state index in [1.54, 1.807) is 13.8 Å². The van der Waals surface area contributed by atoms with E-state index < -0.39 is 38.7 Å². The minimum Gasteiger partial charge on any atom is -0.480 e. The number of halogens is 2. The molecule has 1 rings (SSSR count). The smallest absolute Gasteiger partial charge is 0.322 e. The van der Waals surface area contributed by atoms with Crippen molar-refractivity contribution in [1.82, 2.24) is 4.72 Å². The van der Waals surface area contributed by atoms with Crippen LogP contribution in [0.25, 0.3) is 0 Å². The van der Waals surface area contributed by atoms with Gasteiger partial charge < -0.3 is 5.11 Å². The molecule has 2 unspecified atom stereocenters. The van der Waals surface area contributed by atoms with Crippen molar-refractivity contribution in [2.24, 2.45) is 5.92 Å². The second kappa shape index (κ2) is 6.51. The SMILES string of the molecule is CCC(C)C(NS(=O)(=O)c1cc(F)ccc1Cl)C(=O)O. The molecule has 0 saturated carbocycles. The lowest BCUT2D eigenvalue weighted by atomic mass is 10.0. The van der Waals surface area contributed by atoms with E-state index in [0.717, 1.165) is 18.2 Å². The van der Waals surface area contributed by atoms with Gasteiger partial charge in [0.2, 0.25) is 10.0 Å². The number of nitrogens with one attached hydrogen (secondary N) is 1. The Bertz CT molecular complexity index is 605. The summed E-state index contributed by atoms with van der Waals surface area (Å²) >= 11 is 5.72. The molecule has 2 atom stereocenters. The van der Waals surface area contributed by atoms with Crippen LogP contribution in [0.15, 0.2) is 23.1 Å². The van der Waals surface area contributed by atoms with Crippen LogP contribution in [0, 0.1) is 11.7 Å². The predicted octanol–water partition coefficient (Wildman–Crippen LogP) is 2.26. The normalized spacial score (nSPS) is 14.8.